The van der Waals surface area contributed by atoms with Crippen molar-refractivity contribution in [3.05, 3.63) is 29.8 Å². The zero-order chi connectivity index (χ0) is 16.5. The molecule has 8 heteroatoms. The molecule has 1 fully saturated rings. The SMILES string of the molecule is CS(=O)(=O)C1(C(=O)NC2COc3ccccc3C2)CCNCC1.Cl. The molecule has 1 aromatic carbocycles. The number of carbonyl (C=O) groups is 1. The van der Waals surface area contributed by atoms with Crippen LogP contribution in [0.5, 0.6) is 5.75 Å². The van der Waals surface area contributed by atoms with Crippen LogP contribution in [0.1, 0.15) is 18.4 Å². The van der Waals surface area contributed by atoms with Crippen molar-refractivity contribution in [2.24, 2.45) is 0 Å². The van der Waals surface area contributed by atoms with Gasteiger partial charge >= 0.3 is 0 Å². The van der Waals surface area contributed by atoms with Gasteiger partial charge in [0.15, 0.2) is 14.6 Å². The molecule has 2 heterocycles. The van der Waals surface area contributed by atoms with E-state index < -0.39 is 20.5 Å². The lowest BCUT2D eigenvalue weighted by Crippen LogP contribution is -2.60. The van der Waals surface area contributed by atoms with Gasteiger partial charge in [0.05, 0.1) is 6.04 Å². The largest absolute Gasteiger partial charge is 0.491 e. The average Bonchev–Trinajstić information content (AvgIpc) is 2.54. The molecule has 24 heavy (non-hydrogen) atoms. The first kappa shape index (κ1) is 19.0. The van der Waals surface area contributed by atoms with E-state index >= 15 is 0 Å². The Bertz CT molecular complexity index is 702. The van der Waals surface area contributed by atoms with Gasteiger partial charge in [-0.3, -0.25) is 4.79 Å². The van der Waals surface area contributed by atoms with E-state index in [1.54, 1.807) is 0 Å². The van der Waals surface area contributed by atoms with E-state index in [0.717, 1.165) is 17.6 Å². The van der Waals surface area contributed by atoms with Crippen molar-refractivity contribution in [3.8, 4) is 5.75 Å². The normalized spacial score (nSPS) is 22.5. The van der Waals surface area contributed by atoms with Crippen molar-refractivity contribution in [3.63, 3.8) is 0 Å². The van der Waals surface area contributed by atoms with Crippen LogP contribution >= 0.6 is 12.4 Å². The number of nitrogens with one attached hydrogen (secondary N) is 2. The highest BCUT2D eigenvalue weighted by molar-refractivity contribution is 7.92. The summed E-state index contributed by atoms with van der Waals surface area (Å²) in [6, 6.07) is 7.50. The predicted octanol–water partition coefficient (Wildman–Crippen LogP) is 0.695. The Labute approximate surface area is 148 Å². The average molecular weight is 375 g/mol. The van der Waals surface area contributed by atoms with Gasteiger partial charge in [0.1, 0.15) is 12.4 Å². The number of fused-ring (bicyclic) bond motifs is 1. The summed E-state index contributed by atoms with van der Waals surface area (Å²) < 4.78 is 28.9. The molecule has 3 rings (SSSR count). The molecular weight excluding hydrogens is 352 g/mol. The van der Waals surface area contributed by atoms with Crippen LogP contribution in [0.3, 0.4) is 0 Å². The highest BCUT2D eigenvalue weighted by Gasteiger charge is 2.49. The summed E-state index contributed by atoms with van der Waals surface area (Å²) >= 11 is 0. The third kappa shape index (κ3) is 3.53. The van der Waals surface area contributed by atoms with Crippen molar-refractivity contribution >= 4 is 28.2 Å². The van der Waals surface area contributed by atoms with Gasteiger partial charge in [-0.25, -0.2) is 8.42 Å². The van der Waals surface area contributed by atoms with Crippen LogP contribution in [-0.4, -0.2) is 51.1 Å². The maximum atomic E-state index is 12.8. The van der Waals surface area contributed by atoms with Gasteiger partial charge in [0.25, 0.3) is 0 Å². The van der Waals surface area contributed by atoms with Crippen LogP contribution in [0.15, 0.2) is 24.3 Å². The molecule has 134 valence electrons. The smallest absolute Gasteiger partial charge is 0.241 e. The molecule has 1 saturated heterocycles. The van der Waals surface area contributed by atoms with Crippen LogP contribution in [-0.2, 0) is 21.1 Å². The molecular formula is C16H23ClN2O4S. The first-order valence-corrected chi connectivity index (χ1v) is 9.73. The molecule has 0 spiro atoms. The third-order valence-electron chi connectivity index (χ3n) is 4.75. The van der Waals surface area contributed by atoms with Gasteiger partial charge in [0.2, 0.25) is 5.91 Å². The van der Waals surface area contributed by atoms with Crippen LogP contribution < -0.4 is 15.4 Å². The molecule has 0 aliphatic carbocycles. The maximum absolute atomic E-state index is 12.8. The monoisotopic (exact) mass is 374 g/mol. The number of para-hydroxylation sites is 1. The van der Waals surface area contributed by atoms with Crippen molar-refractivity contribution in [2.45, 2.75) is 30.1 Å². The summed E-state index contributed by atoms with van der Waals surface area (Å²) in [7, 11) is -3.49. The summed E-state index contributed by atoms with van der Waals surface area (Å²) in [5.41, 5.74) is 1.03. The van der Waals surface area contributed by atoms with Crippen molar-refractivity contribution < 1.29 is 17.9 Å². The van der Waals surface area contributed by atoms with Crippen molar-refractivity contribution in [1.29, 1.82) is 0 Å². The highest BCUT2D eigenvalue weighted by Crippen LogP contribution is 2.29. The molecule has 1 atom stereocenters. The van der Waals surface area contributed by atoms with Crippen LogP contribution in [0.4, 0.5) is 0 Å². The molecule has 6 nitrogen and oxygen atoms in total. The fourth-order valence-corrected chi connectivity index (χ4v) is 4.68. The lowest BCUT2D eigenvalue weighted by molar-refractivity contribution is -0.125. The maximum Gasteiger partial charge on any atom is 0.241 e. The lowest BCUT2D eigenvalue weighted by Gasteiger charge is -2.36. The standard InChI is InChI=1S/C16H22N2O4S.ClH/c1-23(20,21)16(6-8-17-9-7-16)15(19)18-13-10-12-4-2-3-5-14(12)22-11-13;/h2-5,13,17H,6-11H2,1H3,(H,18,19);1H. The number of rotatable bonds is 3. The Morgan fingerprint density at radius 2 is 1.96 bits per heavy atom. The van der Waals surface area contributed by atoms with E-state index in [4.69, 9.17) is 4.74 Å². The van der Waals surface area contributed by atoms with Gasteiger partial charge in [-0.15, -0.1) is 12.4 Å². The van der Waals surface area contributed by atoms with E-state index in [9.17, 15) is 13.2 Å². The zero-order valence-corrected chi connectivity index (χ0v) is 15.2. The number of benzene rings is 1. The van der Waals surface area contributed by atoms with Crippen molar-refractivity contribution in [1.82, 2.24) is 10.6 Å². The molecule has 0 aromatic heterocycles. The third-order valence-corrected chi connectivity index (χ3v) is 6.76. The second-order valence-corrected chi connectivity index (χ2v) is 8.64. The molecule has 2 N–H and O–H groups in total. The Morgan fingerprint density at radius 3 is 2.62 bits per heavy atom. The number of sulfone groups is 1. The number of carbonyl (C=O) groups excluding carboxylic acids is 1. The van der Waals surface area contributed by atoms with E-state index in [-0.39, 0.29) is 18.4 Å². The van der Waals surface area contributed by atoms with Gasteiger partial charge in [-0.1, -0.05) is 18.2 Å². The Balaban J connectivity index is 0.00000208. The lowest BCUT2D eigenvalue weighted by atomic mass is 9.94. The van der Waals surface area contributed by atoms with E-state index in [2.05, 4.69) is 10.6 Å². The number of amides is 1. The Hall–Kier alpha value is -1.31. The van der Waals surface area contributed by atoms with E-state index in [0.29, 0.717) is 39.0 Å². The fraction of sp³-hybridized carbons (Fsp3) is 0.562. The van der Waals surface area contributed by atoms with Gasteiger partial charge in [-0.05, 0) is 44.0 Å². The molecule has 1 aromatic rings. The molecule has 2 aliphatic rings. The summed E-state index contributed by atoms with van der Waals surface area (Å²) in [4.78, 5) is 12.8. The Kier molecular flexibility index (Phi) is 5.78. The first-order chi connectivity index (χ1) is 10.9. The topological polar surface area (TPSA) is 84.5 Å². The second-order valence-electron chi connectivity index (χ2n) is 6.31. The van der Waals surface area contributed by atoms with Crippen LogP contribution in [0.2, 0.25) is 0 Å². The van der Waals surface area contributed by atoms with E-state index in [1.807, 2.05) is 24.3 Å². The highest BCUT2D eigenvalue weighted by atomic mass is 35.5. The fourth-order valence-electron chi connectivity index (χ4n) is 3.33. The van der Waals surface area contributed by atoms with Crippen LogP contribution in [0, 0.1) is 0 Å². The van der Waals surface area contributed by atoms with Crippen LogP contribution in [0.25, 0.3) is 0 Å². The molecule has 2 aliphatic heterocycles. The number of hydrogen-bond acceptors (Lipinski definition) is 5. The van der Waals surface area contributed by atoms with Gasteiger partial charge in [-0.2, -0.15) is 0 Å². The minimum atomic E-state index is -3.49. The number of halogens is 1. The molecule has 1 unspecified atom stereocenters. The molecule has 0 radical (unpaired) electrons. The number of hydrogen-bond donors (Lipinski definition) is 2. The Morgan fingerprint density at radius 1 is 1.29 bits per heavy atom. The molecule has 0 bridgehead atoms. The van der Waals surface area contributed by atoms with E-state index in [1.165, 1.54) is 0 Å². The zero-order valence-electron chi connectivity index (χ0n) is 13.6. The van der Waals surface area contributed by atoms with Gasteiger partial charge < -0.3 is 15.4 Å². The summed E-state index contributed by atoms with van der Waals surface area (Å²) in [5.74, 6) is 0.437. The minimum absolute atomic E-state index is 0. The van der Waals surface area contributed by atoms with Gasteiger partial charge in [0, 0.05) is 6.26 Å². The summed E-state index contributed by atoms with van der Waals surface area (Å²) in [6.45, 7) is 1.43. The second kappa shape index (κ2) is 7.29. The minimum Gasteiger partial charge on any atom is -0.491 e. The quantitative estimate of drug-likeness (QED) is 0.813. The number of ether oxygens (including phenoxy) is 1. The molecule has 1 amide bonds. The summed E-state index contributed by atoms with van der Waals surface area (Å²) in [5, 5.41) is 6.02. The number of piperidine rings is 1. The van der Waals surface area contributed by atoms with Crippen molar-refractivity contribution in [2.75, 3.05) is 26.0 Å². The predicted molar refractivity (Wildman–Crippen MR) is 94.5 cm³/mol. The molecule has 0 saturated carbocycles. The first-order valence-electron chi connectivity index (χ1n) is 7.84. The summed E-state index contributed by atoms with van der Waals surface area (Å²) in [6.07, 6.45) is 2.42.